The highest BCUT2D eigenvalue weighted by Crippen LogP contribution is 2.29. The third-order valence-electron chi connectivity index (χ3n) is 3.59. The number of hydrogen-bond acceptors (Lipinski definition) is 2. The summed E-state index contributed by atoms with van der Waals surface area (Å²) in [6.45, 7) is 6.33. The first-order valence-electron chi connectivity index (χ1n) is 7.48. The van der Waals surface area contributed by atoms with Crippen LogP contribution in [0.3, 0.4) is 0 Å². The topological polar surface area (TPSA) is 38.3 Å². The summed E-state index contributed by atoms with van der Waals surface area (Å²) in [5.74, 6) is 0.729. The Kier molecular flexibility index (Phi) is 4.69. The molecule has 0 atom stereocenters. The maximum Gasteiger partial charge on any atom is 0.407 e. The van der Waals surface area contributed by atoms with Crippen molar-refractivity contribution in [2.24, 2.45) is 5.92 Å². The molecule has 1 aliphatic carbocycles. The summed E-state index contributed by atoms with van der Waals surface area (Å²) in [5.41, 5.74) is 2.58. The summed E-state index contributed by atoms with van der Waals surface area (Å²) in [6.07, 6.45) is 4.22. The van der Waals surface area contributed by atoms with Crippen molar-refractivity contribution in [1.82, 2.24) is 5.32 Å². The lowest BCUT2D eigenvalue weighted by molar-refractivity contribution is 0.0526. The van der Waals surface area contributed by atoms with E-state index in [1.54, 1.807) is 0 Å². The van der Waals surface area contributed by atoms with Crippen LogP contribution in [0.15, 0.2) is 24.3 Å². The first-order valence-corrected chi connectivity index (χ1v) is 7.48. The minimum atomic E-state index is -0.419. The van der Waals surface area contributed by atoms with E-state index in [0.29, 0.717) is 6.54 Å². The molecular formula is C17H25NO2. The normalized spacial score (nSPS) is 14.9. The van der Waals surface area contributed by atoms with Gasteiger partial charge in [0.05, 0.1) is 0 Å². The van der Waals surface area contributed by atoms with Crippen LogP contribution in [0.5, 0.6) is 0 Å². The van der Waals surface area contributed by atoms with Gasteiger partial charge in [-0.1, -0.05) is 24.3 Å². The lowest BCUT2D eigenvalue weighted by Crippen LogP contribution is -2.33. The van der Waals surface area contributed by atoms with Gasteiger partial charge < -0.3 is 10.1 Å². The largest absolute Gasteiger partial charge is 0.444 e. The predicted octanol–water partition coefficient (Wildman–Crippen LogP) is 3.71. The molecule has 0 heterocycles. The first-order chi connectivity index (χ1) is 9.44. The fourth-order valence-corrected chi connectivity index (χ4v) is 2.75. The summed E-state index contributed by atoms with van der Waals surface area (Å²) in [7, 11) is 0. The number of carbonyl (C=O) groups excluding carboxylic acids is 1. The van der Waals surface area contributed by atoms with Gasteiger partial charge in [0.1, 0.15) is 5.60 Å². The minimum Gasteiger partial charge on any atom is -0.444 e. The second-order valence-electron chi connectivity index (χ2n) is 6.61. The van der Waals surface area contributed by atoms with Crippen LogP contribution < -0.4 is 5.32 Å². The van der Waals surface area contributed by atoms with Gasteiger partial charge in [0.25, 0.3) is 0 Å². The van der Waals surface area contributed by atoms with E-state index >= 15 is 0 Å². The third-order valence-corrected chi connectivity index (χ3v) is 3.59. The van der Waals surface area contributed by atoms with E-state index in [0.717, 1.165) is 18.8 Å². The van der Waals surface area contributed by atoms with Crippen molar-refractivity contribution in [2.75, 3.05) is 6.54 Å². The Morgan fingerprint density at radius 1 is 1.25 bits per heavy atom. The van der Waals surface area contributed by atoms with E-state index in [2.05, 4.69) is 29.6 Å². The number of ether oxygens (including phenoxy) is 1. The van der Waals surface area contributed by atoms with Gasteiger partial charge in [0.15, 0.2) is 0 Å². The van der Waals surface area contributed by atoms with E-state index in [1.807, 2.05) is 20.8 Å². The van der Waals surface area contributed by atoms with Crippen molar-refractivity contribution in [2.45, 2.75) is 52.1 Å². The number of benzene rings is 1. The molecule has 0 radical (unpaired) electrons. The molecule has 0 fully saturated rings. The van der Waals surface area contributed by atoms with Crippen molar-refractivity contribution < 1.29 is 9.53 Å². The smallest absolute Gasteiger partial charge is 0.407 e. The number of nitrogens with one attached hydrogen (secondary N) is 1. The Labute approximate surface area is 121 Å². The number of amides is 1. The Morgan fingerprint density at radius 3 is 2.40 bits per heavy atom. The Hall–Kier alpha value is -1.51. The molecule has 0 saturated carbocycles. The molecule has 0 spiro atoms. The van der Waals surface area contributed by atoms with Crippen LogP contribution in [0, 0.1) is 5.92 Å². The van der Waals surface area contributed by atoms with Gasteiger partial charge in [-0.2, -0.15) is 0 Å². The van der Waals surface area contributed by atoms with Crippen molar-refractivity contribution in [1.29, 1.82) is 0 Å². The summed E-state index contributed by atoms with van der Waals surface area (Å²) >= 11 is 0. The van der Waals surface area contributed by atoms with Crippen molar-refractivity contribution >= 4 is 6.09 Å². The second-order valence-corrected chi connectivity index (χ2v) is 6.61. The van der Waals surface area contributed by atoms with Crippen molar-refractivity contribution in [3.63, 3.8) is 0 Å². The molecule has 0 saturated heterocycles. The molecule has 1 aromatic carbocycles. The molecule has 1 amide bonds. The third kappa shape index (κ3) is 4.55. The minimum absolute atomic E-state index is 0.313. The maximum atomic E-state index is 11.5. The fourth-order valence-electron chi connectivity index (χ4n) is 2.75. The van der Waals surface area contributed by atoms with Gasteiger partial charge in [-0.25, -0.2) is 4.79 Å². The van der Waals surface area contributed by atoms with Crippen molar-refractivity contribution in [3.05, 3.63) is 35.4 Å². The van der Waals surface area contributed by atoms with E-state index in [9.17, 15) is 4.79 Å². The molecule has 1 aliphatic rings. The van der Waals surface area contributed by atoms with Crippen LogP contribution >= 0.6 is 0 Å². The van der Waals surface area contributed by atoms with Crippen molar-refractivity contribution in [3.8, 4) is 0 Å². The SMILES string of the molecule is CC(C)(C)OC(=O)NCCCC1Cc2ccccc2C1. The van der Waals surface area contributed by atoms with E-state index in [-0.39, 0.29) is 6.09 Å². The van der Waals surface area contributed by atoms with Gasteiger partial charge in [0.2, 0.25) is 0 Å². The average molecular weight is 275 g/mol. The monoisotopic (exact) mass is 275 g/mol. The first kappa shape index (κ1) is 14.9. The number of carbonyl (C=O) groups is 1. The van der Waals surface area contributed by atoms with Gasteiger partial charge in [-0.15, -0.1) is 0 Å². The quantitative estimate of drug-likeness (QED) is 0.851. The Morgan fingerprint density at radius 2 is 1.85 bits per heavy atom. The van der Waals surface area contributed by atoms with Gasteiger partial charge in [-0.3, -0.25) is 0 Å². The molecule has 3 nitrogen and oxygen atoms in total. The molecule has 3 heteroatoms. The maximum absolute atomic E-state index is 11.5. The number of rotatable bonds is 4. The molecule has 0 aliphatic heterocycles. The zero-order valence-corrected chi connectivity index (χ0v) is 12.7. The van der Waals surface area contributed by atoms with Gasteiger partial charge in [0, 0.05) is 6.54 Å². The van der Waals surface area contributed by atoms with Gasteiger partial charge >= 0.3 is 6.09 Å². The van der Waals surface area contributed by atoms with Crippen LogP contribution in [0.4, 0.5) is 4.79 Å². The van der Waals surface area contributed by atoms with E-state index < -0.39 is 5.60 Å². The number of hydrogen-bond donors (Lipinski definition) is 1. The molecule has 0 bridgehead atoms. The lowest BCUT2D eigenvalue weighted by atomic mass is 10.0. The molecule has 1 N–H and O–H groups in total. The summed E-state index contributed by atoms with van der Waals surface area (Å²) in [4.78, 5) is 11.5. The fraction of sp³-hybridized carbons (Fsp3) is 0.588. The Bertz CT molecular complexity index is 437. The summed E-state index contributed by atoms with van der Waals surface area (Å²) < 4.78 is 5.21. The molecular weight excluding hydrogens is 250 g/mol. The molecule has 1 aromatic rings. The highest BCUT2D eigenvalue weighted by atomic mass is 16.6. The molecule has 20 heavy (non-hydrogen) atoms. The van der Waals surface area contributed by atoms with Crippen LogP contribution in [-0.2, 0) is 17.6 Å². The van der Waals surface area contributed by atoms with Crippen LogP contribution in [0.1, 0.15) is 44.7 Å². The predicted molar refractivity (Wildman–Crippen MR) is 80.8 cm³/mol. The zero-order chi connectivity index (χ0) is 14.6. The standard InChI is InChI=1S/C17H25NO2/c1-17(2,3)20-16(19)18-10-6-7-13-11-14-8-4-5-9-15(14)12-13/h4-5,8-9,13H,6-7,10-12H2,1-3H3,(H,18,19). The zero-order valence-electron chi connectivity index (χ0n) is 12.7. The highest BCUT2D eigenvalue weighted by molar-refractivity contribution is 5.67. The lowest BCUT2D eigenvalue weighted by Gasteiger charge is -2.19. The van der Waals surface area contributed by atoms with E-state index in [1.165, 1.54) is 24.0 Å². The summed E-state index contributed by atoms with van der Waals surface area (Å²) in [6, 6.07) is 8.69. The average Bonchev–Trinajstić information content (AvgIpc) is 2.75. The van der Waals surface area contributed by atoms with Gasteiger partial charge in [-0.05, 0) is 63.5 Å². The second kappa shape index (κ2) is 6.29. The van der Waals surface area contributed by atoms with Crippen LogP contribution in [-0.4, -0.2) is 18.2 Å². The molecule has 2 rings (SSSR count). The molecule has 0 aromatic heterocycles. The number of fused-ring (bicyclic) bond motifs is 1. The van der Waals surface area contributed by atoms with E-state index in [4.69, 9.17) is 4.74 Å². The highest BCUT2D eigenvalue weighted by Gasteiger charge is 2.20. The van der Waals surface area contributed by atoms with Crippen LogP contribution in [0.2, 0.25) is 0 Å². The Balaban J connectivity index is 1.63. The molecule has 110 valence electrons. The molecule has 0 unspecified atom stereocenters. The number of alkyl carbamates (subject to hydrolysis) is 1. The summed E-state index contributed by atoms with van der Waals surface area (Å²) in [5, 5.41) is 2.82. The van der Waals surface area contributed by atoms with Crippen LogP contribution in [0.25, 0.3) is 0 Å².